The molecule has 0 saturated heterocycles. The van der Waals surface area contributed by atoms with Crippen molar-refractivity contribution in [1.29, 1.82) is 0 Å². The molecule has 3 nitrogen and oxygen atoms in total. The van der Waals surface area contributed by atoms with E-state index in [-0.39, 0.29) is 5.56 Å². The number of aromatic nitrogens is 1. The molecule has 2 rings (SSSR count). The molecule has 0 radical (unpaired) electrons. The van der Waals surface area contributed by atoms with Crippen LogP contribution in [-0.4, -0.2) is 4.98 Å². The lowest BCUT2D eigenvalue weighted by atomic mass is 9.97. The lowest BCUT2D eigenvalue weighted by Crippen LogP contribution is -2.30. The highest BCUT2D eigenvalue weighted by Crippen LogP contribution is 2.35. The first-order chi connectivity index (χ1) is 9.84. The number of nitrogens with two attached hydrogens (primary N) is 1. The van der Waals surface area contributed by atoms with Gasteiger partial charge in [-0.3, -0.25) is 10.8 Å². The highest BCUT2D eigenvalue weighted by molar-refractivity contribution is 5.36. The smallest absolute Gasteiger partial charge is 0.271 e. The molecule has 7 heteroatoms. The monoisotopic (exact) mass is 299 g/mol. The van der Waals surface area contributed by atoms with E-state index in [9.17, 15) is 17.6 Å². The number of hydrazine groups is 1. The van der Waals surface area contributed by atoms with Crippen LogP contribution in [0.15, 0.2) is 36.5 Å². The maximum atomic E-state index is 14.1. The summed E-state index contributed by atoms with van der Waals surface area (Å²) in [6.45, 7) is 1.76. The van der Waals surface area contributed by atoms with Crippen molar-refractivity contribution in [3.8, 4) is 0 Å². The highest BCUT2D eigenvalue weighted by Gasteiger charge is 2.35. The summed E-state index contributed by atoms with van der Waals surface area (Å²) in [5, 5.41) is 0. The molecule has 0 aliphatic heterocycles. The molecular weight excluding hydrogens is 286 g/mol. The standard InChI is InChI=1S/C14H13F4N3/c1-8-5-6-9(7-20-8)13(21-19)10-3-2-4-11(12(10)15)14(16,17)18/h2-7,13,21H,19H2,1H3. The van der Waals surface area contributed by atoms with Crippen LogP contribution >= 0.6 is 0 Å². The van der Waals surface area contributed by atoms with Gasteiger partial charge in [-0.05, 0) is 24.6 Å². The van der Waals surface area contributed by atoms with Gasteiger partial charge in [0.05, 0.1) is 11.6 Å². The average Bonchev–Trinajstić information content (AvgIpc) is 2.42. The van der Waals surface area contributed by atoms with Gasteiger partial charge in [0.2, 0.25) is 0 Å². The van der Waals surface area contributed by atoms with Gasteiger partial charge in [-0.25, -0.2) is 9.82 Å². The second kappa shape index (κ2) is 5.79. The van der Waals surface area contributed by atoms with E-state index in [0.717, 1.165) is 11.8 Å². The van der Waals surface area contributed by atoms with Gasteiger partial charge in [0.1, 0.15) is 5.82 Å². The van der Waals surface area contributed by atoms with Gasteiger partial charge in [0.25, 0.3) is 0 Å². The Labute approximate surface area is 118 Å². The normalized spacial score (nSPS) is 13.2. The van der Waals surface area contributed by atoms with Crippen LogP contribution in [0.5, 0.6) is 0 Å². The number of halogens is 4. The van der Waals surface area contributed by atoms with Crippen LogP contribution in [0.1, 0.15) is 28.4 Å². The van der Waals surface area contributed by atoms with E-state index in [0.29, 0.717) is 11.6 Å². The van der Waals surface area contributed by atoms with Crippen LogP contribution in [-0.2, 0) is 6.18 Å². The Kier molecular flexibility index (Phi) is 4.24. The van der Waals surface area contributed by atoms with Crippen LogP contribution in [0.4, 0.5) is 17.6 Å². The maximum absolute atomic E-state index is 14.1. The first kappa shape index (κ1) is 15.4. The number of aryl methyl sites for hydroxylation is 1. The van der Waals surface area contributed by atoms with E-state index in [1.54, 1.807) is 19.1 Å². The molecular formula is C14H13F4N3. The Morgan fingerprint density at radius 1 is 1.19 bits per heavy atom. The minimum Gasteiger partial charge on any atom is -0.271 e. The molecule has 0 aliphatic carbocycles. The van der Waals surface area contributed by atoms with Crippen LogP contribution in [0.3, 0.4) is 0 Å². The summed E-state index contributed by atoms with van der Waals surface area (Å²) in [5.74, 6) is 4.04. The Morgan fingerprint density at radius 2 is 1.90 bits per heavy atom. The van der Waals surface area contributed by atoms with Crippen molar-refractivity contribution in [3.05, 3.63) is 64.7 Å². The SMILES string of the molecule is Cc1ccc(C(NN)c2cccc(C(F)(F)F)c2F)cn1. The lowest BCUT2D eigenvalue weighted by molar-refractivity contribution is -0.140. The lowest BCUT2D eigenvalue weighted by Gasteiger charge is -2.19. The van der Waals surface area contributed by atoms with Gasteiger partial charge < -0.3 is 0 Å². The number of pyridine rings is 1. The molecule has 1 aromatic carbocycles. The summed E-state index contributed by atoms with van der Waals surface area (Å²) in [4.78, 5) is 4.03. The van der Waals surface area contributed by atoms with E-state index in [4.69, 9.17) is 5.84 Å². The van der Waals surface area contributed by atoms with Crippen molar-refractivity contribution in [2.24, 2.45) is 5.84 Å². The minimum atomic E-state index is -4.76. The largest absolute Gasteiger partial charge is 0.419 e. The predicted octanol–water partition coefficient (Wildman–Crippen LogP) is 3.10. The fourth-order valence-corrected chi connectivity index (χ4v) is 2.01. The third-order valence-corrected chi connectivity index (χ3v) is 3.08. The van der Waals surface area contributed by atoms with Gasteiger partial charge in [0, 0.05) is 17.5 Å². The number of nitrogens with one attached hydrogen (secondary N) is 1. The van der Waals surface area contributed by atoms with E-state index in [1.165, 1.54) is 12.3 Å². The molecule has 1 heterocycles. The fraction of sp³-hybridized carbons (Fsp3) is 0.214. The molecule has 2 aromatic rings. The van der Waals surface area contributed by atoms with Crippen LogP contribution in [0, 0.1) is 12.7 Å². The van der Waals surface area contributed by atoms with Crippen molar-refractivity contribution in [2.45, 2.75) is 19.1 Å². The Morgan fingerprint density at radius 3 is 2.43 bits per heavy atom. The zero-order chi connectivity index (χ0) is 15.6. The molecule has 0 fully saturated rings. The number of hydrogen-bond acceptors (Lipinski definition) is 3. The molecule has 1 unspecified atom stereocenters. The van der Waals surface area contributed by atoms with Crippen molar-refractivity contribution in [2.75, 3.05) is 0 Å². The van der Waals surface area contributed by atoms with Gasteiger partial charge in [-0.2, -0.15) is 13.2 Å². The van der Waals surface area contributed by atoms with E-state index in [2.05, 4.69) is 10.4 Å². The molecule has 0 saturated carbocycles. The van der Waals surface area contributed by atoms with Gasteiger partial charge in [0.15, 0.2) is 0 Å². The maximum Gasteiger partial charge on any atom is 0.419 e. The zero-order valence-corrected chi connectivity index (χ0v) is 11.1. The molecule has 3 N–H and O–H groups in total. The third-order valence-electron chi connectivity index (χ3n) is 3.08. The van der Waals surface area contributed by atoms with E-state index in [1.807, 2.05) is 0 Å². The summed E-state index contributed by atoms with van der Waals surface area (Å²) in [7, 11) is 0. The Bertz CT molecular complexity index is 623. The molecule has 0 bridgehead atoms. The summed E-state index contributed by atoms with van der Waals surface area (Å²) in [6.07, 6.45) is -3.32. The van der Waals surface area contributed by atoms with Gasteiger partial charge >= 0.3 is 6.18 Å². The molecule has 0 aliphatic rings. The topological polar surface area (TPSA) is 50.9 Å². The summed E-state index contributed by atoms with van der Waals surface area (Å²) in [5.41, 5.74) is 2.03. The van der Waals surface area contributed by atoms with Crippen LogP contribution < -0.4 is 11.3 Å². The number of rotatable bonds is 3. The minimum absolute atomic E-state index is 0.182. The van der Waals surface area contributed by atoms with Crippen molar-refractivity contribution >= 4 is 0 Å². The molecule has 1 aromatic heterocycles. The number of hydrogen-bond donors (Lipinski definition) is 2. The van der Waals surface area contributed by atoms with Crippen molar-refractivity contribution in [3.63, 3.8) is 0 Å². The van der Waals surface area contributed by atoms with E-state index >= 15 is 0 Å². The van der Waals surface area contributed by atoms with Crippen molar-refractivity contribution in [1.82, 2.24) is 10.4 Å². The first-order valence-electron chi connectivity index (χ1n) is 6.09. The summed E-state index contributed by atoms with van der Waals surface area (Å²) < 4.78 is 52.4. The van der Waals surface area contributed by atoms with Gasteiger partial charge in [-0.15, -0.1) is 0 Å². The van der Waals surface area contributed by atoms with Crippen LogP contribution in [0.25, 0.3) is 0 Å². The quantitative estimate of drug-likeness (QED) is 0.520. The van der Waals surface area contributed by atoms with Gasteiger partial charge in [-0.1, -0.05) is 18.2 Å². The van der Waals surface area contributed by atoms with Crippen LogP contribution in [0.2, 0.25) is 0 Å². The summed E-state index contributed by atoms with van der Waals surface area (Å²) in [6, 6.07) is 5.49. The van der Waals surface area contributed by atoms with E-state index < -0.39 is 23.6 Å². The summed E-state index contributed by atoms with van der Waals surface area (Å²) >= 11 is 0. The molecule has 112 valence electrons. The fourth-order valence-electron chi connectivity index (χ4n) is 2.01. The Balaban J connectivity index is 2.51. The number of alkyl halides is 3. The molecule has 0 spiro atoms. The molecule has 0 amide bonds. The second-order valence-electron chi connectivity index (χ2n) is 4.54. The predicted molar refractivity (Wildman–Crippen MR) is 69.5 cm³/mol. The first-order valence-corrected chi connectivity index (χ1v) is 6.09. The second-order valence-corrected chi connectivity index (χ2v) is 4.54. The number of nitrogens with zero attached hydrogens (tertiary/aromatic N) is 1. The molecule has 21 heavy (non-hydrogen) atoms. The Hall–Kier alpha value is -1.99. The average molecular weight is 299 g/mol. The molecule has 1 atom stereocenters. The highest BCUT2D eigenvalue weighted by atomic mass is 19.4. The number of benzene rings is 1. The zero-order valence-electron chi connectivity index (χ0n) is 11.1. The third kappa shape index (κ3) is 3.20. The van der Waals surface area contributed by atoms with Crippen molar-refractivity contribution < 1.29 is 17.6 Å².